The Morgan fingerprint density at radius 1 is 0.750 bits per heavy atom. The monoisotopic (exact) mass is 342 g/mol. The molecular formula is C21H42O3. The fourth-order valence-corrected chi connectivity index (χ4v) is 2.91. The van der Waals surface area contributed by atoms with Crippen molar-refractivity contribution in [2.75, 3.05) is 6.61 Å². The molecule has 3 heteroatoms. The highest BCUT2D eigenvalue weighted by atomic mass is 16.5. The fraction of sp³-hybridized carbons (Fsp3) is 0.952. The molecule has 1 atom stereocenters. The summed E-state index contributed by atoms with van der Waals surface area (Å²) in [6, 6.07) is 0. The molecule has 3 nitrogen and oxygen atoms in total. The van der Waals surface area contributed by atoms with E-state index in [0.29, 0.717) is 13.0 Å². The van der Waals surface area contributed by atoms with E-state index >= 15 is 0 Å². The molecule has 0 aromatic rings. The van der Waals surface area contributed by atoms with Crippen LogP contribution in [0.2, 0.25) is 0 Å². The van der Waals surface area contributed by atoms with Gasteiger partial charge in [-0.25, -0.2) is 4.79 Å². The summed E-state index contributed by atoms with van der Waals surface area (Å²) in [6.07, 6.45) is 17.2. The molecule has 0 bridgehead atoms. The van der Waals surface area contributed by atoms with Gasteiger partial charge in [0.15, 0.2) is 5.60 Å². The molecule has 24 heavy (non-hydrogen) atoms. The summed E-state index contributed by atoms with van der Waals surface area (Å²) in [5.74, 6) is -0.445. The van der Waals surface area contributed by atoms with Gasteiger partial charge in [0.05, 0.1) is 6.61 Å². The molecular weight excluding hydrogens is 300 g/mol. The van der Waals surface area contributed by atoms with Crippen molar-refractivity contribution in [3.8, 4) is 0 Å². The number of carbonyl (C=O) groups is 1. The number of rotatable bonds is 17. The van der Waals surface area contributed by atoms with Crippen LogP contribution in [-0.2, 0) is 9.53 Å². The minimum atomic E-state index is -1.31. The molecule has 0 aromatic heterocycles. The van der Waals surface area contributed by atoms with Crippen LogP contribution < -0.4 is 0 Å². The summed E-state index contributed by atoms with van der Waals surface area (Å²) in [5.41, 5.74) is -1.31. The van der Waals surface area contributed by atoms with Crippen molar-refractivity contribution >= 4 is 5.97 Å². The predicted molar refractivity (Wildman–Crippen MR) is 102 cm³/mol. The Morgan fingerprint density at radius 3 is 1.67 bits per heavy atom. The maximum absolute atomic E-state index is 12.0. The Kier molecular flexibility index (Phi) is 15.6. The van der Waals surface area contributed by atoms with Crippen molar-refractivity contribution in [3.05, 3.63) is 0 Å². The number of esters is 1. The molecule has 144 valence electrons. The van der Waals surface area contributed by atoms with E-state index in [1.54, 1.807) is 6.92 Å². The van der Waals surface area contributed by atoms with Crippen LogP contribution in [0.4, 0.5) is 0 Å². The number of hydrogen-bond donors (Lipinski definition) is 1. The third-order valence-electron chi connectivity index (χ3n) is 4.69. The van der Waals surface area contributed by atoms with Crippen LogP contribution in [0.25, 0.3) is 0 Å². The van der Waals surface area contributed by atoms with Crippen LogP contribution in [-0.4, -0.2) is 23.3 Å². The maximum Gasteiger partial charge on any atom is 0.337 e. The van der Waals surface area contributed by atoms with E-state index in [1.807, 2.05) is 0 Å². The number of hydrogen-bond acceptors (Lipinski definition) is 3. The zero-order valence-corrected chi connectivity index (χ0v) is 16.6. The van der Waals surface area contributed by atoms with Crippen LogP contribution in [0, 0.1) is 0 Å². The summed E-state index contributed by atoms with van der Waals surface area (Å²) < 4.78 is 5.26. The average molecular weight is 343 g/mol. The van der Waals surface area contributed by atoms with Crippen LogP contribution in [0.3, 0.4) is 0 Å². The number of carbonyl (C=O) groups excluding carboxylic acids is 1. The largest absolute Gasteiger partial charge is 0.464 e. The Bertz CT molecular complexity index is 287. The van der Waals surface area contributed by atoms with Gasteiger partial charge >= 0.3 is 5.97 Å². The van der Waals surface area contributed by atoms with Crippen molar-refractivity contribution in [2.24, 2.45) is 0 Å². The summed E-state index contributed by atoms with van der Waals surface area (Å²) in [5, 5.41) is 10.2. The van der Waals surface area contributed by atoms with Crippen molar-refractivity contribution in [1.82, 2.24) is 0 Å². The SMILES string of the molecule is CCCCCCCCCCOC(=O)C(C)(O)CCCCCCCC. The van der Waals surface area contributed by atoms with Gasteiger partial charge in [0, 0.05) is 0 Å². The standard InChI is InChI=1S/C21H42O3/c1-4-6-8-10-12-13-15-17-19-24-20(22)21(3,23)18-16-14-11-9-7-5-2/h23H,4-19H2,1-3H3. The second-order valence-corrected chi connectivity index (χ2v) is 7.40. The van der Waals surface area contributed by atoms with E-state index in [9.17, 15) is 9.90 Å². The number of unbranched alkanes of at least 4 members (excludes halogenated alkanes) is 12. The third kappa shape index (κ3) is 13.8. The highest BCUT2D eigenvalue weighted by Gasteiger charge is 2.31. The molecule has 0 fully saturated rings. The quantitative estimate of drug-likeness (QED) is 0.254. The summed E-state index contributed by atoms with van der Waals surface area (Å²) in [4.78, 5) is 12.0. The summed E-state index contributed by atoms with van der Waals surface area (Å²) in [6.45, 7) is 6.47. The zero-order chi connectivity index (χ0) is 18.1. The lowest BCUT2D eigenvalue weighted by Crippen LogP contribution is -2.37. The topological polar surface area (TPSA) is 46.5 Å². The normalized spacial score (nSPS) is 13.7. The highest BCUT2D eigenvalue weighted by molar-refractivity contribution is 5.78. The van der Waals surface area contributed by atoms with E-state index in [1.165, 1.54) is 64.2 Å². The van der Waals surface area contributed by atoms with Crippen LogP contribution >= 0.6 is 0 Å². The average Bonchev–Trinajstić information content (AvgIpc) is 2.56. The first-order valence-electron chi connectivity index (χ1n) is 10.4. The Morgan fingerprint density at radius 2 is 1.17 bits per heavy atom. The molecule has 1 unspecified atom stereocenters. The first-order chi connectivity index (χ1) is 11.5. The molecule has 0 aliphatic rings. The highest BCUT2D eigenvalue weighted by Crippen LogP contribution is 2.18. The smallest absolute Gasteiger partial charge is 0.337 e. The van der Waals surface area contributed by atoms with Gasteiger partial charge in [-0.1, -0.05) is 90.9 Å². The molecule has 0 rings (SSSR count). The van der Waals surface area contributed by atoms with Gasteiger partial charge in [-0.3, -0.25) is 0 Å². The van der Waals surface area contributed by atoms with Crippen molar-refractivity contribution in [3.63, 3.8) is 0 Å². The van der Waals surface area contributed by atoms with Gasteiger partial charge < -0.3 is 9.84 Å². The lowest BCUT2D eigenvalue weighted by atomic mass is 9.98. The third-order valence-corrected chi connectivity index (χ3v) is 4.69. The second-order valence-electron chi connectivity index (χ2n) is 7.40. The minimum absolute atomic E-state index is 0.445. The predicted octanol–water partition coefficient (Wildman–Crippen LogP) is 6.17. The number of aliphatic hydroxyl groups is 1. The van der Waals surface area contributed by atoms with Gasteiger partial charge in [0.1, 0.15) is 0 Å². The molecule has 0 aliphatic carbocycles. The van der Waals surface area contributed by atoms with E-state index < -0.39 is 11.6 Å². The molecule has 0 radical (unpaired) electrons. The first-order valence-corrected chi connectivity index (χ1v) is 10.4. The van der Waals surface area contributed by atoms with Crippen molar-refractivity contribution in [2.45, 2.75) is 123 Å². The molecule has 0 saturated carbocycles. The van der Waals surface area contributed by atoms with E-state index in [2.05, 4.69) is 13.8 Å². The van der Waals surface area contributed by atoms with E-state index in [4.69, 9.17) is 4.74 Å². The summed E-state index contributed by atoms with van der Waals surface area (Å²) >= 11 is 0. The molecule has 0 aliphatic heterocycles. The van der Waals surface area contributed by atoms with Crippen LogP contribution in [0.15, 0.2) is 0 Å². The molecule has 0 amide bonds. The van der Waals surface area contributed by atoms with Gasteiger partial charge in [0.2, 0.25) is 0 Å². The minimum Gasteiger partial charge on any atom is -0.464 e. The molecule has 0 saturated heterocycles. The lowest BCUT2D eigenvalue weighted by molar-refractivity contribution is -0.164. The molecule has 1 N–H and O–H groups in total. The van der Waals surface area contributed by atoms with Gasteiger partial charge in [0.25, 0.3) is 0 Å². The van der Waals surface area contributed by atoms with Gasteiger partial charge in [-0.15, -0.1) is 0 Å². The first kappa shape index (κ1) is 23.4. The Balaban J connectivity index is 3.55. The Labute approximate surface area is 150 Å². The number of ether oxygens (including phenoxy) is 1. The molecule has 0 aromatic carbocycles. The van der Waals surface area contributed by atoms with Crippen LogP contribution in [0.5, 0.6) is 0 Å². The van der Waals surface area contributed by atoms with Crippen LogP contribution in [0.1, 0.15) is 117 Å². The van der Waals surface area contributed by atoms with E-state index in [-0.39, 0.29) is 0 Å². The van der Waals surface area contributed by atoms with Gasteiger partial charge in [-0.2, -0.15) is 0 Å². The zero-order valence-electron chi connectivity index (χ0n) is 16.6. The lowest BCUT2D eigenvalue weighted by Gasteiger charge is -2.21. The fourth-order valence-electron chi connectivity index (χ4n) is 2.91. The maximum atomic E-state index is 12.0. The molecule has 0 heterocycles. The Hall–Kier alpha value is -0.570. The molecule has 0 spiro atoms. The van der Waals surface area contributed by atoms with Gasteiger partial charge in [-0.05, 0) is 26.2 Å². The van der Waals surface area contributed by atoms with Crippen molar-refractivity contribution in [1.29, 1.82) is 0 Å². The van der Waals surface area contributed by atoms with Crippen molar-refractivity contribution < 1.29 is 14.6 Å². The second kappa shape index (κ2) is 15.9. The summed E-state index contributed by atoms with van der Waals surface area (Å²) in [7, 11) is 0. The van der Waals surface area contributed by atoms with E-state index in [0.717, 1.165) is 25.7 Å².